The fourth-order valence-corrected chi connectivity index (χ4v) is 2.68. The number of rotatable bonds is 5. The summed E-state index contributed by atoms with van der Waals surface area (Å²) in [6.07, 6.45) is 0. The number of hydrazine groups is 1. The third-order valence-electron chi connectivity index (χ3n) is 4.55. The van der Waals surface area contributed by atoms with Gasteiger partial charge in [0.25, 0.3) is 11.6 Å². The van der Waals surface area contributed by atoms with Crippen LogP contribution in [0.3, 0.4) is 0 Å². The van der Waals surface area contributed by atoms with E-state index in [1.807, 2.05) is 30.3 Å². The number of nitrogens with one attached hydrogen (secondary N) is 2. The third kappa shape index (κ3) is 4.61. The maximum absolute atomic E-state index is 12.4. The molecule has 30 heavy (non-hydrogen) atoms. The largest absolute Gasteiger partial charge is 0.355 e. The van der Waals surface area contributed by atoms with Crippen molar-refractivity contribution in [3.05, 3.63) is 82.0 Å². The highest BCUT2D eigenvalue weighted by molar-refractivity contribution is 5.94. The number of carbonyl (C=O) groups excluding carboxylic acids is 2. The van der Waals surface area contributed by atoms with E-state index in [1.165, 1.54) is 30.1 Å². The van der Waals surface area contributed by atoms with Crippen molar-refractivity contribution in [1.82, 2.24) is 20.9 Å². The zero-order chi connectivity index (χ0) is 21.7. The molecule has 1 heterocycles. The van der Waals surface area contributed by atoms with Crippen molar-refractivity contribution in [2.75, 3.05) is 7.05 Å². The Labute approximate surface area is 171 Å². The maximum atomic E-state index is 12.4. The van der Waals surface area contributed by atoms with Crippen molar-refractivity contribution in [2.24, 2.45) is 0 Å². The Morgan fingerprint density at radius 2 is 1.83 bits per heavy atom. The average Bonchev–Trinajstić information content (AvgIpc) is 3.27. The summed E-state index contributed by atoms with van der Waals surface area (Å²) < 4.78 is 5.16. The number of hydrogen-bond donors (Lipinski definition) is 2. The Kier molecular flexibility index (Phi) is 6.06. The normalized spacial score (nSPS) is 11.4. The van der Waals surface area contributed by atoms with Crippen LogP contribution in [0.5, 0.6) is 0 Å². The smallest absolute Gasteiger partial charge is 0.336 e. The summed E-state index contributed by atoms with van der Waals surface area (Å²) in [5.41, 5.74) is 5.84. The molecule has 3 aromatic rings. The Morgan fingerprint density at radius 1 is 1.10 bits per heavy atom. The van der Waals surface area contributed by atoms with Gasteiger partial charge in [0, 0.05) is 30.8 Å². The Hall–Kier alpha value is -4.21. The number of carbonyl (C=O) groups is 2. The van der Waals surface area contributed by atoms with Gasteiger partial charge in [-0.25, -0.2) is 10.2 Å². The number of nitrogens with zero attached hydrogens (tertiary/aromatic N) is 3. The lowest BCUT2D eigenvalue weighted by atomic mass is 10.1. The lowest BCUT2D eigenvalue weighted by molar-refractivity contribution is -0.384. The molecule has 0 aliphatic heterocycles. The van der Waals surface area contributed by atoms with Crippen LogP contribution < -0.4 is 10.9 Å². The second-order valence-electron chi connectivity index (χ2n) is 6.47. The van der Waals surface area contributed by atoms with Gasteiger partial charge in [0.05, 0.1) is 11.0 Å². The van der Waals surface area contributed by atoms with Crippen LogP contribution in [0, 0.1) is 10.1 Å². The molecule has 2 N–H and O–H groups in total. The minimum Gasteiger partial charge on any atom is -0.355 e. The van der Waals surface area contributed by atoms with Crippen LogP contribution in [0.15, 0.2) is 65.2 Å². The number of nitro groups is 1. The predicted octanol–water partition coefficient (Wildman–Crippen LogP) is 3.30. The van der Waals surface area contributed by atoms with Crippen molar-refractivity contribution in [1.29, 1.82) is 0 Å². The van der Waals surface area contributed by atoms with Crippen molar-refractivity contribution in [2.45, 2.75) is 13.0 Å². The number of hydrogen-bond acceptors (Lipinski definition) is 6. The second-order valence-corrected chi connectivity index (χ2v) is 6.47. The average molecular weight is 409 g/mol. The quantitative estimate of drug-likeness (QED) is 0.491. The first kappa shape index (κ1) is 20.5. The summed E-state index contributed by atoms with van der Waals surface area (Å²) in [4.78, 5) is 36.3. The van der Waals surface area contributed by atoms with Crippen molar-refractivity contribution in [3.63, 3.8) is 0 Å². The number of non-ortho nitro benzene ring substituents is 1. The minimum atomic E-state index is -0.648. The standard InChI is InChI=1S/C20H19N5O5/c1-13(15-9-6-10-16(11-15)25(28)29)24(2)20(27)22-21-19(26)17-12-18(30-23-17)14-7-4-3-5-8-14/h3-13H,1-2H3,(H,21,26)(H,22,27)/t13-/m1/s1. The van der Waals surface area contributed by atoms with Gasteiger partial charge in [-0.3, -0.25) is 20.3 Å². The summed E-state index contributed by atoms with van der Waals surface area (Å²) in [6.45, 7) is 1.71. The zero-order valence-corrected chi connectivity index (χ0v) is 16.2. The van der Waals surface area contributed by atoms with E-state index < -0.39 is 22.9 Å². The number of urea groups is 1. The molecule has 10 heteroatoms. The third-order valence-corrected chi connectivity index (χ3v) is 4.55. The summed E-state index contributed by atoms with van der Waals surface area (Å²) in [7, 11) is 1.51. The molecule has 10 nitrogen and oxygen atoms in total. The van der Waals surface area contributed by atoms with Crippen LogP contribution in [0.1, 0.15) is 29.0 Å². The van der Waals surface area contributed by atoms with Gasteiger partial charge in [0.1, 0.15) is 0 Å². The topological polar surface area (TPSA) is 131 Å². The van der Waals surface area contributed by atoms with Gasteiger partial charge in [0.15, 0.2) is 11.5 Å². The molecule has 0 saturated heterocycles. The van der Waals surface area contributed by atoms with Gasteiger partial charge in [-0.2, -0.15) is 0 Å². The van der Waals surface area contributed by atoms with Gasteiger partial charge in [-0.15, -0.1) is 0 Å². The van der Waals surface area contributed by atoms with Gasteiger partial charge in [-0.1, -0.05) is 47.6 Å². The fourth-order valence-electron chi connectivity index (χ4n) is 2.68. The molecule has 154 valence electrons. The molecule has 0 fully saturated rings. The molecule has 2 aromatic carbocycles. The number of nitro benzene ring substituents is 1. The molecule has 0 aliphatic rings. The molecule has 0 aliphatic carbocycles. The van der Waals surface area contributed by atoms with E-state index in [0.29, 0.717) is 11.3 Å². The lowest BCUT2D eigenvalue weighted by Gasteiger charge is -2.25. The molecule has 1 atom stereocenters. The van der Waals surface area contributed by atoms with Crippen molar-refractivity contribution in [3.8, 4) is 11.3 Å². The van der Waals surface area contributed by atoms with Crippen LogP contribution in [0.25, 0.3) is 11.3 Å². The van der Waals surface area contributed by atoms with E-state index in [2.05, 4.69) is 16.0 Å². The molecule has 3 rings (SSSR count). The molecule has 0 saturated carbocycles. The van der Waals surface area contributed by atoms with E-state index in [4.69, 9.17) is 4.52 Å². The van der Waals surface area contributed by atoms with Crippen LogP contribution >= 0.6 is 0 Å². The van der Waals surface area contributed by atoms with Crippen molar-refractivity contribution >= 4 is 17.6 Å². The highest BCUT2D eigenvalue weighted by Crippen LogP contribution is 2.23. The van der Waals surface area contributed by atoms with E-state index >= 15 is 0 Å². The SMILES string of the molecule is C[C@H](c1cccc([N+](=O)[O-])c1)N(C)C(=O)NNC(=O)c1cc(-c2ccccc2)on1. The molecule has 0 unspecified atom stereocenters. The summed E-state index contributed by atoms with van der Waals surface area (Å²) in [5.74, 6) is -0.228. The molecule has 3 amide bonds. The summed E-state index contributed by atoms with van der Waals surface area (Å²) in [5, 5.41) is 14.6. The Bertz CT molecular complexity index is 1070. The van der Waals surface area contributed by atoms with E-state index in [-0.39, 0.29) is 11.4 Å². The highest BCUT2D eigenvalue weighted by Gasteiger charge is 2.21. The lowest BCUT2D eigenvalue weighted by Crippen LogP contribution is -2.48. The maximum Gasteiger partial charge on any atom is 0.336 e. The predicted molar refractivity (Wildman–Crippen MR) is 107 cm³/mol. The first-order valence-corrected chi connectivity index (χ1v) is 8.96. The Morgan fingerprint density at radius 3 is 2.53 bits per heavy atom. The molecular formula is C20H19N5O5. The molecule has 0 bridgehead atoms. The molecule has 0 radical (unpaired) electrons. The minimum absolute atomic E-state index is 0.00328. The summed E-state index contributed by atoms with van der Waals surface area (Å²) in [6, 6.07) is 15.5. The van der Waals surface area contributed by atoms with Crippen LogP contribution in [-0.2, 0) is 0 Å². The first-order chi connectivity index (χ1) is 14.4. The number of amides is 3. The van der Waals surface area contributed by atoms with E-state index in [9.17, 15) is 19.7 Å². The second kappa shape index (κ2) is 8.86. The number of benzene rings is 2. The number of aromatic nitrogens is 1. The van der Waals surface area contributed by atoms with Gasteiger partial charge in [-0.05, 0) is 12.5 Å². The van der Waals surface area contributed by atoms with Gasteiger partial charge in [0.2, 0.25) is 0 Å². The first-order valence-electron chi connectivity index (χ1n) is 8.96. The summed E-state index contributed by atoms with van der Waals surface area (Å²) >= 11 is 0. The zero-order valence-electron chi connectivity index (χ0n) is 16.2. The molecular weight excluding hydrogens is 390 g/mol. The monoisotopic (exact) mass is 409 g/mol. The van der Waals surface area contributed by atoms with E-state index in [1.54, 1.807) is 19.1 Å². The highest BCUT2D eigenvalue weighted by atomic mass is 16.6. The van der Waals surface area contributed by atoms with Gasteiger partial charge >= 0.3 is 6.03 Å². The van der Waals surface area contributed by atoms with Crippen LogP contribution in [0.2, 0.25) is 0 Å². The molecule has 1 aromatic heterocycles. The van der Waals surface area contributed by atoms with Crippen LogP contribution in [0.4, 0.5) is 10.5 Å². The Balaban J connectivity index is 1.59. The fraction of sp³-hybridized carbons (Fsp3) is 0.150. The molecule has 0 spiro atoms. The van der Waals surface area contributed by atoms with Gasteiger partial charge < -0.3 is 9.42 Å². The van der Waals surface area contributed by atoms with Crippen molar-refractivity contribution < 1.29 is 19.0 Å². The van der Waals surface area contributed by atoms with Crippen LogP contribution in [-0.4, -0.2) is 34.0 Å². The van der Waals surface area contributed by atoms with E-state index in [0.717, 1.165) is 5.56 Å².